The van der Waals surface area contributed by atoms with E-state index in [0.29, 0.717) is 0 Å². The standard InChI is InChI=1S/2C2H5O2S.3ClH.Ti/c2*1-2-5(3)4;;;;/h2*2H2,1H3;3*1H;. The van der Waals surface area contributed by atoms with Gasteiger partial charge in [0, 0.05) is 0 Å². The summed E-state index contributed by atoms with van der Waals surface area (Å²) in [6, 6.07) is 0. The molecule has 0 fully saturated rings. The smallest absolute Gasteiger partial charge is 0.147 e. The average Bonchev–Trinajstić information content (AvgIpc) is 1.86. The molecule has 0 saturated heterocycles. The van der Waals surface area contributed by atoms with Gasteiger partial charge in [-0.2, -0.15) is 0 Å². The minimum Gasteiger partial charge on any atom is -0.147 e. The van der Waals surface area contributed by atoms with Gasteiger partial charge < -0.3 is 0 Å². The molecule has 0 amide bonds. The molecule has 0 aromatic heterocycles. The van der Waals surface area contributed by atoms with Crippen molar-refractivity contribution in [2.24, 2.45) is 0 Å². The first-order valence-corrected chi connectivity index (χ1v) is 10.2. The van der Waals surface area contributed by atoms with Crippen molar-refractivity contribution in [3.8, 4) is 0 Å². The summed E-state index contributed by atoms with van der Waals surface area (Å²) in [5, 5.41) is 0. The molecule has 0 N–H and O–H groups in total. The quantitative estimate of drug-likeness (QED) is 0.715. The molecule has 0 heterocycles. The SMILES string of the molecule is CC[S](=O)(=O)[Ti][S](=O)(=O)CC.Cl.Cl.Cl. The molecule has 0 rings (SSSR count). The minimum absolute atomic E-state index is 0. The molecule has 0 aromatic rings. The van der Waals surface area contributed by atoms with Crippen LogP contribution >= 0.6 is 37.2 Å². The summed E-state index contributed by atoms with van der Waals surface area (Å²) in [5.41, 5.74) is 0. The van der Waals surface area contributed by atoms with Gasteiger partial charge in [-0.15, -0.1) is 37.2 Å². The summed E-state index contributed by atoms with van der Waals surface area (Å²) in [6.45, 7) is 2.92. The van der Waals surface area contributed by atoms with Crippen molar-refractivity contribution in [1.29, 1.82) is 0 Å². The Labute approximate surface area is 110 Å². The van der Waals surface area contributed by atoms with Gasteiger partial charge in [0.25, 0.3) is 0 Å². The van der Waals surface area contributed by atoms with Crippen molar-refractivity contribution in [1.82, 2.24) is 0 Å². The van der Waals surface area contributed by atoms with Crippen molar-refractivity contribution >= 4 is 52.1 Å². The van der Waals surface area contributed by atoms with E-state index in [0.717, 1.165) is 0 Å². The number of hydrogen-bond donors (Lipinski definition) is 0. The second-order valence-corrected chi connectivity index (χ2v) is 14.3. The predicted octanol–water partition coefficient (Wildman–Crippen LogP) is 1.03. The summed E-state index contributed by atoms with van der Waals surface area (Å²) in [5.74, 6) is -0.127. The first-order chi connectivity index (χ1) is 4.83. The van der Waals surface area contributed by atoms with Crippen LogP contribution in [0.1, 0.15) is 13.8 Å². The molecule has 0 bridgehead atoms. The Bertz CT molecular complexity index is 279. The maximum atomic E-state index is 10.9. The zero-order valence-corrected chi connectivity index (χ0v) is 13.2. The van der Waals surface area contributed by atoms with E-state index in [-0.39, 0.29) is 48.7 Å². The van der Waals surface area contributed by atoms with Gasteiger partial charge >= 0.3 is 73.6 Å². The van der Waals surface area contributed by atoms with E-state index in [9.17, 15) is 16.8 Å². The first-order valence-electron chi connectivity index (χ1n) is 3.07. The minimum atomic E-state index is -3.25. The van der Waals surface area contributed by atoms with Crippen molar-refractivity contribution in [2.75, 3.05) is 11.5 Å². The Morgan fingerprint density at radius 1 is 0.786 bits per heavy atom. The number of rotatable bonds is 4. The van der Waals surface area contributed by atoms with Gasteiger partial charge in [0.15, 0.2) is 0 Å². The van der Waals surface area contributed by atoms with E-state index in [2.05, 4.69) is 0 Å². The fourth-order valence-corrected chi connectivity index (χ4v) is 11.6. The van der Waals surface area contributed by atoms with Crippen molar-refractivity contribution in [3.63, 3.8) is 0 Å². The van der Waals surface area contributed by atoms with E-state index in [1.54, 1.807) is 0 Å². The monoisotopic (exact) mass is 342 g/mol. The Morgan fingerprint density at radius 2 is 1.00 bits per heavy atom. The molecule has 4 nitrogen and oxygen atoms in total. The molecule has 0 saturated carbocycles. The van der Waals surface area contributed by atoms with E-state index < -0.39 is 31.4 Å². The third-order valence-electron chi connectivity index (χ3n) is 1.01. The molecule has 0 spiro atoms. The van der Waals surface area contributed by atoms with Gasteiger partial charge in [-0.05, 0) is 0 Å². The second-order valence-electron chi connectivity index (χ2n) is 1.89. The van der Waals surface area contributed by atoms with Gasteiger partial charge in [-0.25, -0.2) is 0 Å². The normalized spacial score (nSPS) is 10.1. The van der Waals surface area contributed by atoms with Gasteiger partial charge in [-0.1, -0.05) is 0 Å². The molecule has 0 aliphatic heterocycles. The summed E-state index contributed by atoms with van der Waals surface area (Å²) in [4.78, 5) is 0. The van der Waals surface area contributed by atoms with Crippen molar-refractivity contribution in [3.05, 3.63) is 0 Å². The molecule has 0 radical (unpaired) electrons. The van der Waals surface area contributed by atoms with Crippen LogP contribution < -0.4 is 0 Å². The Hall–Kier alpha value is 1.48. The molecule has 0 aliphatic carbocycles. The van der Waals surface area contributed by atoms with E-state index in [1.807, 2.05) is 0 Å². The van der Waals surface area contributed by atoms with Gasteiger partial charge in [0.05, 0.1) is 0 Å². The van der Waals surface area contributed by atoms with Gasteiger partial charge in [0.1, 0.15) is 0 Å². The predicted molar refractivity (Wildman–Crippen MR) is 60.7 cm³/mol. The van der Waals surface area contributed by atoms with Crippen LogP contribution in [0.5, 0.6) is 0 Å². The summed E-state index contributed by atoms with van der Waals surface area (Å²) < 4.78 is 43.4. The average molecular weight is 344 g/mol. The third kappa shape index (κ3) is 11.6. The Morgan fingerprint density at radius 3 is 1.14 bits per heavy atom. The zero-order valence-electron chi connectivity index (χ0n) is 7.59. The molecule has 0 atom stereocenters. The van der Waals surface area contributed by atoms with E-state index in [4.69, 9.17) is 0 Å². The fraction of sp³-hybridized carbons (Fsp3) is 1.00. The van der Waals surface area contributed by atoms with Crippen LogP contribution in [-0.4, -0.2) is 28.3 Å². The maximum absolute atomic E-state index is 10.9. The third-order valence-corrected chi connectivity index (χ3v) is 14.4. The van der Waals surface area contributed by atoms with Crippen LogP contribution in [0.25, 0.3) is 0 Å². The maximum Gasteiger partial charge on any atom is -0.147 e. The topological polar surface area (TPSA) is 68.3 Å². The summed E-state index contributed by atoms with van der Waals surface area (Å²) in [6.07, 6.45) is 0. The van der Waals surface area contributed by atoms with Crippen LogP contribution in [-0.2, 0) is 31.4 Å². The Balaban J connectivity index is -0.000000167. The molecule has 14 heavy (non-hydrogen) atoms. The molecule has 0 aromatic carbocycles. The first kappa shape index (κ1) is 24.6. The van der Waals surface area contributed by atoms with Crippen LogP contribution in [0.3, 0.4) is 0 Å². The van der Waals surface area contributed by atoms with Crippen LogP contribution in [0.4, 0.5) is 0 Å². The number of hydrogen-bond acceptors (Lipinski definition) is 4. The van der Waals surface area contributed by atoms with Crippen LogP contribution in [0, 0.1) is 0 Å². The largest absolute Gasteiger partial charge is 0.147 e. The van der Waals surface area contributed by atoms with Crippen LogP contribution in [0.15, 0.2) is 0 Å². The summed E-state index contributed by atoms with van der Waals surface area (Å²) in [7, 11) is -6.50. The molecule has 0 aliphatic rings. The molecular weight excluding hydrogens is 330 g/mol. The molecular formula is C4H13Cl3O4S2Ti. The molecule has 10 heteroatoms. The number of halogens is 3. The molecule has 0 unspecified atom stereocenters. The summed E-state index contributed by atoms with van der Waals surface area (Å²) >= 11 is -1.86. The molecule has 90 valence electrons. The van der Waals surface area contributed by atoms with E-state index >= 15 is 0 Å². The van der Waals surface area contributed by atoms with E-state index in [1.165, 1.54) is 13.8 Å². The van der Waals surface area contributed by atoms with Crippen LogP contribution in [0.2, 0.25) is 0 Å². The fourth-order valence-electron chi connectivity index (χ4n) is 0.311. The Kier molecular flexibility index (Phi) is 17.1. The second kappa shape index (κ2) is 9.69. The van der Waals surface area contributed by atoms with Gasteiger partial charge in [-0.3, -0.25) is 0 Å². The van der Waals surface area contributed by atoms with Gasteiger partial charge in [0.2, 0.25) is 0 Å². The van der Waals surface area contributed by atoms with Crippen molar-refractivity contribution in [2.45, 2.75) is 13.8 Å². The van der Waals surface area contributed by atoms with Crippen molar-refractivity contribution < 1.29 is 33.4 Å². The zero-order chi connectivity index (χ0) is 9.12.